The number of carbonyl (C=O) groups excluding carboxylic acids is 10. The molecule has 2 heterocycles. The fraction of sp³-hybridized carbons (Fsp3) is 0.494. The number of fused-ring (bicyclic) bond motifs is 1. The third-order valence-corrected chi connectivity index (χ3v) is 19.8. The third kappa shape index (κ3) is 37.6. The van der Waals surface area contributed by atoms with Crippen LogP contribution in [0.4, 0.5) is 0 Å². The maximum atomic E-state index is 15.2. The number of hydrogen-bond acceptors (Lipinski definition) is 27. The molecule has 0 bridgehead atoms. The van der Waals surface area contributed by atoms with Crippen molar-refractivity contribution in [1.29, 1.82) is 0 Å². The molecule has 9 amide bonds. The Morgan fingerprint density at radius 1 is 0.455 bits per heavy atom. The number of rotatable bonds is 51. The number of aromatic nitrogens is 1. The molecule has 0 unspecified atom stereocenters. The van der Waals surface area contributed by atoms with E-state index in [1.807, 2.05) is 0 Å². The molecule has 121 heavy (non-hydrogen) atoms. The van der Waals surface area contributed by atoms with Gasteiger partial charge < -0.3 is 98.7 Å². The average molecular weight is 1830 g/mol. The summed E-state index contributed by atoms with van der Waals surface area (Å²) in [6.45, 7) is -0.103. The van der Waals surface area contributed by atoms with Gasteiger partial charge in [0.15, 0.2) is 0 Å². The first kappa shape index (κ1) is 102. The van der Waals surface area contributed by atoms with E-state index in [0.717, 1.165) is 0 Å². The number of unbranched alkanes of at least 4 members (excludes halogenated alkanes) is 1. The Labute approximate surface area is 728 Å². The van der Waals surface area contributed by atoms with Gasteiger partial charge in [-0.3, -0.25) is 86.8 Å². The summed E-state index contributed by atoms with van der Waals surface area (Å²) in [5, 5.41) is 83.2. The van der Waals surface area contributed by atoms with Crippen molar-refractivity contribution in [2.75, 3.05) is 136 Å². The van der Waals surface area contributed by atoms with Crippen LogP contribution in [0.15, 0.2) is 121 Å². The van der Waals surface area contributed by atoms with Gasteiger partial charge in [-0.05, 0) is 61.1 Å². The smallest absolute Gasteiger partial charge is 0.480 e. The van der Waals surface area contributed by atoms with Crippen LogP contribution >= 0.6 is 25.3 Å². The zero-order valence-corrected chi connectivity index (χ0v) is 72.2. The number of carboxylic acids is 4. The SMILES string of the molecule is C[C@@H](O)[C@H](NC(=O)[C@H](CCCCN)NC(=O)[C@@H](Cc1c[nH]c2ccccc12)NC(=O)[C@H](Cc1ccccc1)NC(=O)[C@H](Cc1ccccc1)NC(=O)[C@H](CS)NC(=O)CNOCCOCCOC(=O)CN1CCN(CC(=O)O)CCN(CC(=O)O)CCN(CC(=O)O)CC1)C(=O)N[C@@H](Cc1ccccc1)C(=O)N[C@@H](CO)C(=O)N[C@@H](CS)C(=O)O.[111In+3]. The van der Waals surface area contributed by atoms with E-state index < -0.39 is 157 Å². The fourth-order valence-electron chi connectivity index (χ4n) is 12.7. The van der Waals surface area contributed by atoms with E-state index >= 15 is 9.59 Å². The van der Waals surface area contributed by atoms with E-state index in [9.17, 15) is 88.2 Å². The number of nitrogens with one attached hydrogen (secondary N) is 11. The molecule has 1 aliphatic rings. The molecule has 6 rings (SSSR count). The van der Waals surface area contributed by atoms with Crippen LogP contribution in [0.1, 0.15) is 48.4 Å². The second-order valence-corrected chi connectivity index (χ2v) is 29.1. The molecule has 5 aromatic rings. The van der Waals surface area contributed by atoms with E-state index in [1.165, 1.54) is 6.92 Å². The van der Waals surface area contributed by atoms with Gasteiger partial charge in [-0.25, -0.2) is 4.79 Å². The van der Waals surface area contributed by atoms with Crippen molar-refractivity contribution in [1.82, 2.24) is 77.9 Å². The fourth-order valence-corrected chi connectivity index (χ4v) is 13.2. The summed E-state index contributed by atoms with van der Waals surface area (Å²) < 4.78 is 10.9. The Balaban J connectivity index is 0.0000260. The minimum atomic E-state index is -1.84. The van der Waals surface area contributed by atoms with Gasteiger partial charge in [-0.1, -0.05) is 109 Å². The standard InChI is InChI=1S/C79H110N16O23S2.In/c1-50(97)70(78(113)88-60(39-53-19-9-4-10-20-53)74(109)89-62(47-96)76(111)90-64(49-120)79(114)115)91-71(106)57(23-13-14-24-80)84-75(110)61(40-54-41-81-56-22-12-11-21-55(54)56)87-73(108)58(37-51-15-5-2-6-16-51)85-72(107)59(38-52-17-7-3-8-18-52)86-77(112)63(48-119)83-65(98)42-82-118-36-34-116-33-35-117-69(105)46-95-31-29-93(44-67(101)102)27-25-92(43-66(99)100)26-28-94(30-32-95)45-68(103)104;/h2-12,15-22,41,50,57-64,70,81-82,96-97,119-120H,13-14,23-40,42-49,80H2,1H3,(H,83,98)(H,84,110)(H,85,107)(H,86,112)(H,87,108)(H,88,113)(H,89,109)(H,90,111)(H,91,106)(H,99,100)(H,101,102)(H,103,104)(H,114,115);/q;+3/t50-,57+,58+,59+,60+,61-,62+,63+,64+,70+;/m1./s1/i;1-4. The number of hydrogen-bond donors (Lipinski definition) is 20. The maximum absolute atomic E-state index is 15.2. The molecule has 39 nitrogen and oxygen atoms in total. The molecule has 10 atom stereocenters. The molecular weight excluding hydrogens is 1720 g/mol. The zero-order chi connectivity index (χ0) is 87.5. The number of hydroxylamine groups is 1. The van der Waals surface area contributed by atoms with Crippen LogP contribution in [0.25, 0.3) is 10.9 Å². The van der Waals surface area contributed by atoms with Gasteiger partial charge in [0.25, 0.3) is 0 Å². The number of nitrogens with zero attached hydrogens (tertiary/aromatic N) is 4. The minimum Gasteiger partial charge on any atom is -0.480 e. The zero-order valence-electron chi connectivity index (χ0n) is 67.1. The van der Waals surface area contributed by atoms with Crippen molar-refractivity contribution in [3.05, 3.63) is 144 Å². The summed E-state index contributed by atoms with van der Waals surface area (Å²) in [6, 6.07) is 18.5. The third-order valence-electron chi connectivity index (χ3n) is 19.1. The summed E-state index contributed by atoms with van der Waals surface area (Å²) in [5.74, 6) is -14.4. The maximum Gasteiger partial charge on any atom is 3.00 e. The molecule has 1 fully saturated rings. The number of carboxylic acid groups (broad SMARTS) is 4. The normalized spacial score (nSPS) is 15.6. The van der Waals surface area contributed by atoms with E-state index in [1.54, 1.807) is 141 Å². The quantitative estimate of drug-likeness (QED) is 0.00754. The largest absolute Gasteiger partial charge is 3.00 e. The Morgan fingerprint density at radius 3 is 1.28 bits per heavy atom. The van der Waals surface area contributed by atoms with Crippen molar-refractivity contribution >= 4 is 145 Å². The molecule has 42 heteroatoms. The molecule has 0 spiro atoms. The van der Waals surface area contributed by atoms with Crippen molar-refractivity contribution < 1.29 is 112 Å². The number of aliphatic hydroxyl groups is 2. The molecular formula is C79H110InN16O23S2+3. The van der Waals surface area contributed by atoms with E-state index in [0.29, 0.717) is 39.6 Å². The Kier molecular flexibility index (Phi) is 46.4. The molecule has 0 radical (unpaired) electrons. The first-order valence-electron chi connectivity index (χ1n) is 39.0. The topological polar surface area (TPSA) is 563 Å². The van der Waals surface area contributed by atoms with Gasteiger partial charge in [0.05, 0.1) is 65.3 Å². The number of nitrogens with two attached hydrogens (primary N) is 1. The summed E-state index contributed by atoms with van der Waals surface area (Å²) in [6.07, 6.45) is -0.372. The molecule has 0 saturated carbocycles. The van der Waals surface area contributed by atoms with Gasteiger partial charge in [-0.2, -0.15) is 30.7 Å². The second-order valence-electron chi connectivity index (χ2n) is 28.4. The number of aromatic amines is 1. The van der Waals surface area contributed by atoms with Gasteiger partial charge >= 0.3 is 55.7 Å². The van der Waals surface area contributed by atoms with E-state index in [-0.39, 0.29) is 187 Å². The van der Waals surface area contributed by atoms with Gasteiger partial charge in [-0.15, -0.1) is 0 Å². The number of benzene rings is 4. The number of esters is 1. The monoisotopic (exact) mass is 1830 g/mol. The van der Waals surface area contributed by atoms with Crippen LogP contribution < -0.4 is 59.1 Å². The summed E-state index contributed by atoms with van der Waals surface area (Å²) in [5.41, 5.74) is 11.2. The van der Waals surface area contributed by atoms with Crippen LogP contribution in [-0.2, 0) is 107 Å². The van der Waals surface area contributed by atoms with Crippen LogP contribution in [0, 0.1) is 0 Å². The van der Waals surface area contributed by atoms with Crippen molar-refractivity contribution in [3.8, 4) is 0 Å². The van der Waals surface area contributed by atoms with Crippen molar-refractivity contribution in [3.63, 3.8) is 0 Å². The summed E-state index contributed by atoms with van der Waals surface area (Å²) in [7, 11) is 0. The summed E-state index contributed by atoms with van der Waals surface area (Å²) in [4.78, 5) is 204. The second kappa shape index (κ2) is 55.2. The molecule has 1 aliphatic heterocycles. The van der Waals surface area contributed by atoms with E-state index in [2.05, 4.69) is 83.6 Å². The molecule has 1 saturated heterocycles. The number of H-pyrrole nitrogens is 1. The van der Waals surface area contributed by atoms with Gasteiger partial charge in [0.2, 0.25) is 53.2 Å². The molecule has 4 aromatic carbocycles. The predicted octanol–water partition coefficient (Wildman–Crippen LogP) is -4.58. The minimum absolute atomic E-state index is 0. The van der Waals surface area contributed by atoms with Crippen LogP contribution in [0.5, 0.6) is 0 Å². The molecule has 0 aliphatic carbocycles. The number of carbonyl (C=O) groups is 14. The Morgan fingerprint density at radius 2 is 0.843 bits per heavy atom. The van der Waals surface area contributed by atoms with E-state index in [4.69, 9.17) is 20.0 Å². The number of ether oxygens (including phenoxy) is 2. The Hall–Kier alpha value is -9.83. The molecule has 19 N–H and O–H groups in total. The molecule has 1 aromatic heterocycles. The molecule has 656 valence electrons. The summed E-state index contributed by atoms with van der Waals surface area (Å²) >= 11 is 8.28. The van der Waals surface area contributed by atoms with Gasteiger partial charge in [0.1, 0.15) is 61.0 Å². The van der Waals surface area contributed by atoms with Crippen molar-refractivity contribution in [2.45, 2.75) is 112 Å². The van der Waals surface area contributed by atoms with Crippen LogP contribution in [0.3, 0.4) is 0 Å². The number of para-hydroxylation sites is 1. The first-order valence-corrected chi connectivity index (χ1v) is 40.3. The number of amides is 9. The predicted molar refractivity (Wildman–Crippen MR) is 447 cm³/mol. The Bertz CT molecular complexity index is 4120. The average Bonchev–Trinajstić information content (AvgIpc) is 1.68. The van der Waals surface area contributed by atoms with Crippen LogP contribution in [-0.4, -0.2) is 361 Å². The van der Waals surface area contributed by atoms with Crippen molar-refractivity contribution in [2.24, 2.45) is 5.73 Å². The number of thiol groups is 2. The number of aliphatic carboxylic acids is 4. The first-order chi connectivity index (χ1) is 57.6. The van der Waals surface area contributed by atoms with Gasteiger partial charge in [0, 0.05) is 107 Å². The van der Waals surface area contributed by atoms with Crippen LogP contribution in [0.2, 0.25) is 0 Å². The number of aliphatic hydroxyl groups excluding tert-OH is 2.